The Labute approximate surface area is 317 Å². The van der Waals surface area contributed by atoms with Crippen LogP contribution in [0.15, 0.2) is 0 Å². The Morgan fingerprint density at radius 2 is 0.686 bits per heavy atom. The van der Waals surface area contributed by atoms with Crippen molar-refractivity contribution in [3.05, 3.63) is 0 Å². The van der Waals surface area contributed by atoms with E-state index in [1.807, 2.05) is 0 Å². The molecule has 0 aromatic rings. The van der Waals surface area contributed by atoms with Crippen LogP contribution < -0.4 is 0 Å². The second-order valence-electron chi connectivity index (χ2n) is 15.6. The maximum atomic E-state index is 12.7. The number of rotatable bonds is 40. The van der Waals surface area contributed by atoms with Crippen LogP contribution in [0.3, 0.4) is 0 Å². The summed E-state index contributed by atoms with van der Waals surface area (Å²) >= 11 is 0. The van der Waals surface area contributed by atoms with E-state index in [2.05, 4.69) is 27.7 Å². The van der Waals surface area contributed by atoms with Crippen LogP contribution in [0.1, 0.15) is 246 Å². The molecule has 6 heteroatoms. The summed E-state index contributed by atoms with van der Waals surface area (Å²) in [5, 5.41) is 0. The molecule has 0 bridgehead atoms. The van der Waals surface area contributed by atoms with Gasteiger partial charge in [-0.25, -0.2) is 0 Å². The monoisotopic (exact) mass is 723 g/mol. The van der Waals surface area contributed by atoms with Gasteiger partial charge in [0.05, 0.1) is 0 Å². The average molecular weight is 723 g/mol. The molecule has 0 fully saturated rings. The normalized spacial score (nSPS) is 12.5. The van der Waals surface area contributed by atoms with E-state index in [0.717, 1.165) is 63.7 Å². The zero-order chi connectivity index (χ0) is 37.5. The van der Waals surface area contributed by atoms with Crippen molar-refractivity contribution in [2.24, 2.45) is 5.92 Å². The van der Waals surface area contributed by atoms with E-state index in [4.69, 9.17) is 14.2 Å². The Morgan fingerprint density at radius 3 is 1.02 bits per heavy atom. The van der Waals surface area contributed by atoms with Gasteiger partial charge >= 0.3 is 17.9 Å². The fraction of sp³-hybridized carbons (Fsp3) is 0.933. The molecule has 0 saturated heterocycles. The summed E-state index contributed by atoms with van der Waals surface area (Å²) in [6.07, 6.45) is 37.9. The van der Waals surface area contributed by atoms with Gasteiger partial charge in [0.25, 0.3) is 0 Å². The Kier molecular flexibility index (Phi) is 38.4. The zero-order valence-corrected chi connectivity index (χ0v) is 34.6. The number of hydrogen-bond donors (Lipinski definition) is 0. The highest BCUT2D eigenvalue weighted by Gasteiger charge is 2.19. The van der Waals surface area contributed by atoms with Gasteiger partial charge in [0, 0.05) is 19.3 Å². The first kappa shape index (κ1) is 49.4. The minimum absolute atomic E-state index is 0.0643. The summed E-state index contributed by atoms with van der Waals surface area (Å²) < 4.78 is 16.7. The van der Waals surface area contributed by atoms with Crippen LogP contribution in [-0.4, -0.2) is 37.2 Å². The minimum atomic E-state index is -0.758. The molecule has 0 amide bonds. The van der Waals surface area contributed by atoms with Gasteiger partial charge < -0.3 is 14.2 Å². The van der Waals surface area contributed by atoms with Crippen molar-refractivity contribution in [1.82, 2.24) is 0 Å². The van der Waals surface area contributed by atoms with E-state index in [1.165, 1.54) is 141 Å². The second-order valence-corrected chi connectivity index (χ2v) is 15.6. The average Bonchev–Trinajstić information content (AvgIpc) is 3.13. The van der Waals surface area contributed by atoms with Gasteiger partial charge in [0.1, 0.15) is 13.2 Å². The van der Waals surface area contributed by atoms with E-state index < -0.39 is 6.10 Å². The van der Waals surface area contributed by atoms with Crippen LogP contribution in [0.2, 0.25) is 0 Å². The molecule has 0 aliphatic rings. The van der Waals surface area contributed by atoms with Crippen molar-refractivity contribution in [2.45, 2.75) is 252 Å². The summed E-state index contributed by atoms with van der Waals surface area (Å²) in [5.41, 5.74) is 0. The highest BCUT2D eigenvalue weighted by molar-refractivity contribution is 5.71. The molecule has 0 aliphatic carbocycles. The fourth-order valence-electron chi connectivity index (χ4n) is 6.59. The first-order chi connectivity index (χ1) is 24.9. The Morgan fingerprint density at radius 1 is 0.392 bits per heavy atom. The highest BCUT2D eigenvalue weighted by atomic mass is 16.6. The Balaban J connectivity index is 4.35. The molecule has 0 rings (SSSR count). The molecule has 0 aromatic heterocycles. The van der Waals surface area contributed by atoms with Gasteiger partial charge in [-0.2, -0.15) is 0 Å². The van der Waals surface area contributed by atoms with Gasteiger partial charge in [0.15, 0.2) is 6.10 Å². The lowest BCUT2D eigenvalue weighted by atomic mass is 9.99. The molecule has 0 saturated carbocycles. The van der Waals surface area contributed by atoms with Crippen molar-refractivity contribution >= 4 is 17.9 Å². The maximum Gasteiger partial charge on any atom is 0.306 e. The maximum absolute atomic E-state index is 12.7. The Bertz CT molecular complexity index is 768. The smallest absolute Gasteiger partial charge is 0.306 e. The number of carbonyl (C=O) groups excluding carboxylic acids is 3. The number of unbranched alkanes of at least 4 members (excludes halogenated alkanes) is 26. The topological polar surface area (TPSA) is 78.9 Å². The molecule has 0 spiro atoms. The third kappa shape index (κ3) is 38.0. The molecule has 0 aromatic carbocycles. The molecule has 0 N–H and O–H groups in total. The summed E-state index contributed by atoms with van der Waals surface area (Å²) in [6.45, 7) is 8.98. The third-order valence-electron chi connectivity index (χ3n) is 10.4. The lowest BCUT2D eigenvalue weighted by Gasteiger charge is -2.18. The van der Waals surface area contributed by atoms with Gasteiger partial charge in [-0.15, -0.1) is 0 Å². The molecule has 2 atom stereocenters. The lowest BCUT2D eigenvalue weighted by Crippen LogP contribution is -2.30. The molecule has 302 valence electrons. The molecule has 51 heavy (non-hydrogen) atoms. The Hall–Kier alpha value is -1.59. The SMILES string of the molecule is CCCCCCCCCCCCCC(=O)OC[C@H](COC(=O)CCCCCCCCCCCC)OC(=O)CCCCCCCCCCC(C)CC. The molecule has 0 aliphatic heterocycles. The highest BCUT2D eigenvalue weighted by Crippen LogP contribution is 2.16. The van der Waals surface area contributed by atoms with Crippen molar-refractivity contribution in [3.63, 3.8) is 0 Å². The van der Waals surface area contributed by atoms with E-state index in [-0.39, 0.29) is 31.1 Å². The number of esters is 3. The lowest BCUT2D eigenvalue weighted by molar-refractivity contribution is -0.167. The first-order valence-electron chi connectivity index (χ1n) is 22.4. The van der Waals surface area contributed by atoms with E-state index in [9.17, 15) is 14.4 Å². The number of hydrogen-bond acceptors (Lipinski definition) is 6. The van der Waals surface area contributed by atoms with Crippen LogP contribution in [-0.2, 0) is 28.6 Å². The fourth-order valence-corrected chi connectivity index (χ4v) is 6.59. The first-order valence-corrected chi connectivity index (χ1v) is 22.4. The van der Waals surface area contributed by atoms with Gasteiger partial charge in [-0.3, -0.25) is 14.4 Å². The molecule has 6 nitrogen and oxygen atoms in total. The standard InChI is InChI=1S/C45H86O6/c1-5-8-10-12-14-16-18-20-25-29-33-37-44(47)50-40-42(39-49-43(46)36-32-28-24-19-17-15-13-11-9-6-2)51-45(48)38-34-30-26-22-21-23-27-31-35-41(4)7-3/h41-42H,5-40H2,1-4H3/t41?,42-/m0/s1. The van der Waals surface area contributed by atoms with Crippen LogP contribution in [0.5, 0.6) is 0 Å². The van der Waals surface area contributed by atoms with Gasteiger partial charge in [-0.05, 0) is 25.2 Å². The van der Waals surface area contributed by atoms with E-state index in [1.54, 1.807) is 0 Å². The quantitative estimate of drug-likeness (QED) is 0.0356. The van der Waals surface area contributed by atoms with E-state index in [0.29, 0.717) is 19.3 Å². The molecular formula is C45H86O6. The van der Waals surface area contributed by atoms with Gasteiger partial charge in [0.2, 0.25) is 0 Å². The summed E-state index contributed by atoms with van der Waals surface area (Å²) in [6, 6.07) is 0. The minimum Gasteiger partial charge on any atom is -0.462 e. The van der Waals surface area contributed by atoms with Crippen LogP contribution in [0.4, 0.5) is 0 Å². The van der Waals surface area contributed by atoms with Crippen LogP contribution in [0.25, 0.3) is 0 Å². The van der Waals surface area contributed by atoms with Crippen LogP contribution >= 0.6 is 0 Å². The summed E-state index contributed by atoms with van der Waals surface area (Å²) in [7, 11) is 0. The predicted octanol–water partition coefficient (Wildman–Crippen LogP) is 13.9. The van der Waals surface area contributed by atoms with Crippen molar-refractivity contribution in [3.8, 4) is 0 Å². The molecule has 1 unspecified atom stereocenters. The van der Waals surface area contributed by atoms with Crippen molar-refractivity contribution in [2.75, 3.05) is 13.2 Å². The van der Waals surface area contributed by atoms with Crippen molar-refractivity contribution < 1.29 is 28.6 Å². The van der Waals surface area contributed by atoms with Gasteiger partial charge in [-0.1, -0.05) is 207 Å². The number of carbonyl (C=O) groups is 3. The predicted molar refractivity (Wildman–Crippen MR) is 215 cm³/mol. The molecule has 0 heterocycles. The molecular weight excluding hydrogens is 636 g/mol. The van der Waals surface area contributed by atoms with Crippen LogP contribution in [0, 0.1) is 5.92 Å². The van der Waals surface area contributed by atoms with Crippen molar-refractivity contribution in [1.29, 1.82) is 0 Å². The third-order valence-corrected chi connectivity index (χ3v) is 10.4. The second kappa shape index (κ2) is 39.6. The summed E-state index contributed by atoms with van der Waals surface area (Å²) in [4.78, 5) is 37.6. The molecule has 0 radical (unpaired) electrons. The summed E-state index contributed by atoms with van der Waals surface area (Å²) in [5.74, 6) is -0.0134. The largest absolute Gasteiger partial charge is 0.462 e. The number of ether oxygens (including phenoxy) is 3. The zero-order valence-electron chi connectivity index (χ0n) is 34.6. The van der Waals surface area contributed by atoms with E-state index >= 15 is 0 Å².